The minimum absolute atomic E-state index is 0.145. The number of carbonyl (C=O) groups excluding carboxylic acids is 1. The predicted octanol–water partition coefficient (Wildman–Crippen LogP) is 3.36. The van der Waals surface area contributed by atoms with E-state index in [0.717, 1.165) is 4.47 Å². The Hall–Kier alpha value is -1.14. The van der Waals surface area contributed by atoms with E-state index in [-0.39, 0.29) is 12.6 Å². The lowest BCUT2D eigenvalue weighted by Crippen LogP contribution is -2.45. The Labute approximate surface area is 128 Å². The third kappa shape index (κ3) is 4.76. The van der Waals surface area contributed by atoms with Crippen molar-refractivity contribution in [2.75, 3.05) is 11.5 Å². The summed E-state index contributed by atoms with van der Waals surface area (Å²) in [7, 11) is 0. The molecular formula is C14H21BrN2O3. The highest BCUT2D eigenvalue weighted by Gasteiger charge is 2.29. The van der Waals surface area contributed by atoms with Gasteiger partial charge >= 0.3 is 6.09 Å². The van der Waals surface area contributed by atoms with Crippen molar-refractivity contribution in [3.05, 3.63) is 22.8 Å². The average molecular weight is 345 g/mol. The molecule has 112 valence electrons. The highest BCUT2D eigenvalue weighted by atomic mass is 79.9. The SMILES string of the molecule is CCC(CO)N(C(=O)OC(C)(C)C)c1ccc(Br)cn1. The van der Waals surface area contributed by atoms with Gasteiger partial charge in [0.1, 0.15) is 11.4 Å². The number of pyridine rings is 1. The molecule has 0 aliphatic carbocycles. The molecule has 0 aliphatic rings. The van der Waals surface area contributed by atoms with Gasteiger partial charge in [0, 0.05) is 10.7 Å². The molecular weight excluding hydrogens is 324 g/mol. The zero-order chi connectivity index (χ0) is 15.3. The Morgan fingerprint density at radius 2 is 2.15 bits per heavy atom. The first-order chi connectivity index (χ1) is 9.28. The summed E-state index contributed by atoms with van der Waals surface area (Å²) in [6.07, 6.45) is 1.71. The van der Waals surface area contributed by atoms with Crippen LogP contribution in [0.1, 0.15) is 34.1 Å². The normalized spacial score (nSPS) is 12.9. The van der Waals surface area contributed by atoms with Crippen molar-refractivity contribution in [3.63, 3.8) is 0 Å². The molecule has 6 heteroatoms. The standard InChI is InChI=1S/C14H21BrN2O3/c1-5-11(9-18)17(13(19)20-14(2,3)4)12-7-6-10(15)8-16-12/h6-8,11,18H,5,9H2,1-4H3. The Morgan fingerprint density at radius 3 is 2.55 bits per heavy atom. The van der Waals surface area contributed by atoms with Crippen LogP contribution >= 0.6 is 15.9 Å². The highest BCUT2D eigenvalue weighted by Crippen LogP contribution is 2.21. The van der Waals surface area contributed by atoms with Gasteiger partial charge in [-0.2, -0.15) is 0 Å². The Bertz CT molecular complexity index is 439. The van der Waals surface area contributed by atoms with Crippen LogP contribution in [0.3, 0.4) is 0 Å². The molecule has 1 atom stereocenters. The van der Waals surface area contributed by atoms with E-state index in [0.29, 0.717) is 12.2 Å². The van der Waals surface area contributed by atoms with Crippen LogP contribution < -0.4 is 4.90 Å². The second-order valence-corrected chi connectivity index (χ2v) is 6.35. The predicted molar refractivity (Wildman–Crippen MR) is 81.8 cm³/mol. The van der Waals surface area contributed by atoms with Crippen molar-refractivity contribution < 1.29 is 14.6 Å². The van der Waals surface area contributed by atoms with Gasteiger partial charge in [0.25, 0.3) is 0 Å². The van der Waals surface area contributed by atoms with Crippen LogP contribution in [0.2, 0.25) is 0 Å². The number of hydrogen-bond donors (Lipinski definition) is 1. The van der Waals surface area contributed by atoms with E-state index in [2.05, 4.69) is 20.9 Å². The lowest BCUT2D eigenvalue weighted by atomic mass is 10.2. The molecule has 0 fully saturated rings. The summed E-state index contributed by atoms with van der Waals surface area (Å²) in [5.74, 6) is 0.461. The van der Waals surface area contributed by atoms with E-state index in [1.165, 1.54) is 4.90 Å². The lowest BCUT2D eigenvalue weighted by Gasteiger charge is -2.31. The molecule has 5 nitrogen and oxygen atoms in total. The zero-order valence-electron chi connectivity index (χ0n) is 12.3. The summed E-state index contributed by atoms with van der Waals surface area (Å²) < 4.78 is 6.22. The number of aromatic nitrogens is 1. The quantitative estimate of drug-likeness (QED) is 0.909. The molecule has 0 aromatic carbocycles. The Kier molecular flexibility index (Phi) is 5.95. The van der Waals surface area contributed by atoms with Gasteiger partial charge in [-0.05, 0) is 55.3 Å². The number of halogens is 1. The second-order valence-electron chi connectivity index (χ2n) is 5.43. The zero-order valence-corrected chi connectivity index (χ0v) is 13.8. The molecule has 1 rings (SSSR count). The molecule has 1 N–H and O–H groups in total. The molecule has 20 heavy (non-hydrogen) atoms. The van der Waals surface area contributed by atoms with E-state index in [4.69, 9.17) is 4.74 Å². The van der Waals surface area contributed by atoms with Gasteiger partial charge in [-0.25, -0.2) is 9.78 Å². The number of rotatable bonds is 4. The van der Waals surface area contributed by atoms with Gasteiger partial charge in [0.2, 0.25) is 0 Å². The number of hydrogen-bond acceptors (Lipinski definition) is 4. The molecule has 0 radical (unpaired) electrons. The van der Waals surface area contributed by atoms with E-state index in [1.807, 2.05) is 6.92 Å². The molecule has 1 amide bonds. The maximum atomic E-state index is 12.3. The van der Waals surface area contributed by atoms with E-state index >= 15 is 0 Å². The number of aliphatic hydroxyl groups is 1. The third-order valence-electron chi connectivity index (χ3n) is 2.60. The Morgan fingerprint density at radius 1 is 1.50 bits per heavy atom. The van der Waals surface area contributed by atoms with Crippen LogP contribution in [-0.4, -0.2) is 34.4 Å². The summed E-state index contributed by atoms with van der Waals surface area (Å²) in [5, 5.41) is 9.47. The summed E-state index contributed by atoms with van der Waals surface area (Å²) in [6, 6.07) is 3.15. The van der Waals surface area contributed by atoms with Crippen molar-refractivity contribution in [1.82, 2.24) is 4.98 Å². The molecule has 0 spiro atoms. The number of anilines is 1. The number of aliphatic hydroxyl groups excluding tert-OH is 1. The van der Waals surface area contributed by atoms with Crippen LogP contribution in [0, 0.1) is 0 Å². The highest BCUT2D eigenvalue weighted by molar-refractivity contribution is 9.10. The first-order valence-electron chi connectivity index (χ1n) is 6.53. The molecule has 1 heterocycles. The number of amides is 1. The van der Waals surface area contributed by atoms with E-state index in [9.17, 15) is 9.90 Å². The number of ether oxygens (including phenoxy) is 1. The second kappa shape index (κ2) is 7.04. The summed E-state index contributed by atoms with van der Waals surface area (Å²) in [6.45, 7) is 7.17. The van der Waals surface area contributed by atoms with Crippen molar-refractivity contribution >= 4 is 27.8 Å². The molecule has 1 aromatic heterocycles. The fraction of sp³-hybridized carbons (Fsp3) is 0.571. The first-order valence-corrected chi connectivity index (χ1v) is 7.32. The summed E-state index contributed by atoms with van der Waals surface area (Å²) in [5.41, 5.74) is -0.599. The van der Waals surface area contributed by atoms with Crippen LogP contribution in [0.5, 0.6) is 0 Å². The summed E-state index contributed by atoms with van der Waals surface area (Å²) >= 11 is 3.31. The number of nitrogens with zero attached hydrogens (tertiary/aromatic N) is 2. The number of carbonyl (C=O) groups is 1. The van der Waals surface area contributed by atoms with Crippen LogP contribution in [0.25, 0.3) is 0 Å². The van der Waals surface area contributed by atoms with Gasteiger partial charge in [0.05, 0.1) is 12.6 Å². The maximum Gasteiger partial charge on any atom is 0.416 e. The smallest absolute Gasteiger partial charge is 0.416 e. The largest absolute Gasteiger partial charge is 0.443 e. The van der Waals surface area contributed by atoms with Gasteiger partial charge in [-0.15, -0.1) is 0 Å². The van der Waals surface area contributed by atoms with Crippen molar-refractivity contribution in [2.24, 2.45) is 0 Å². The molecule has 0 saturated heterocycles. The van der Waals surface area contributed by atoms with E-state index < -0.39 is 11.7 Å². The van der Waals surface area contributed by atoms with Gasteiger partial charge < -0.3 is 9.84 Å². The van der Waals surface area contributed by atoms with E-state index in [1.54, 1.807) is 39.1 Å². The molecule has 0 bridgehead atoms. The average Bonchev–Trinajstić information content (AvgIpc) is 2.35. The van der Waals surface area contributed by atoms with Gasteiger partial charge in [-0.3, -0.25) is 4.90 Å². The van der Waals surface area contributed by atoms with Crippen LogP contribution in [-0.2, 0) is 4.74 Å². The van der Waals surface area contributed by atoms with Crippen LogP contribution in [0.4, 0.5) is 10.6 Å². The third-order valence-corrected chi connectivity index (χ3v) is 3.07. The molecule has 1 aromatic rings. The minimum atomic E-state index is -0.599. The van der Waals surface area contributed by atoms with Crippen molar-refractivity contribution in [1.29, 1.82) is 0 Å². The molecule has 0 saturated carbocycles. The molecule has 0 aliphatic heterocycles. The Balaban J connectivity index is 3.08. The van der Waals surface area contributed by atoms with Crippen molar-refractivity contribution in [3.8, 4) is 0 Å². The monoisotopic (exact) mass is 344 g/mol. The maximum absolute atomic E-state index is 12.3. The topological polar surface area (TPSA) is 62.7 Å². The van der Waals surface area contributed by atoms with Crippen molar-refractivity contribution in [2.45, 2.75) is 45.8 Å². The van der Waals surface area contributed by atoms with Gasteiger partial charge in [0.15, 0.2) is 0 Å². The fourth-order valence-electron chi connectivity index (χ4n) is 1.64. The van der Waals surface area contributed by atoms with Gasteiger partial charge in [-0.1, -0.05) is 6.92 Å². The first kappa shape index (κ1) is 16.9. The minimum Gasteiger partial charge on any atom is -0.443 e. The lowest BCUT2D eigenvalue weighted by molar-refractivity contribution is 0.0548. The fourth-order valence-corrected chi connectivity index (χ4v) is 1.88. The van der Waals surface area contributed by atoms with Crippen LogP contribution in [0.15, 0.2) is 22.8 Å². The summed E-state index contributed by atoms with van der Waals surface area (Å²) in [4.78, 5) is 18.0. The molecule has 1 unspecified atom stereocenters.